The standard InChI is InChI=1S/C16H13N5O3/c22-16(10-12-3-1-4-13(9-12)21(23)24)19-14-11-17-7-5-15(14)20-8-2-6-18-20/h1-9,11H,10H2,(H,19,22). The van der Waals surface area contributed by atoms with Gasteiger partial charge in [0.2, 0.25) is 5.91 Å². The average Bonchev–Trinajstić information content (AvgIpc) is 3.10. The van der Waals surface area contributed by atoms with E-state index >= 15 is 0 Å². The Morgan fingerprint density at radius 1 is 1.25 bits per heavy atom. The molecule has 1 N–H and O–H groups in total. The highest BCUT2D eigenvalue weighted by molar-refractivity contribution is 5.94. The first-order valence-electron chi connectivity index (χ1n) is 7.11. The first-order chi connectivity index (χ1) is 11.6. The van der Waals surface area contributed by atoms with E-state index < -0.39 is 4.92 Å². The summed E-state index contributed by atoms with van der Waals surface area (Å²) in [6, 6.07) is 9.50. The number of nitro groups is 1. The molecule has 0 saturated carbocycles. The fraction of sp³-hybridized carbons (Fsp3) is 0.0625. The van der Waals surface area contributed by atoms with Crippen molar-refractivity contribution in [2.24, 2.45) is 0 Å². The lowest BCUT2D eigenvalue weighted by Gasteiger charge is -2.10. The van der Waals surface area contributed by atoms with Crippen LogP contribution < -0.4 is 5.32 Å². The second-order valence-corrected chi connectivity index (χ2v) is 5.00. The summed E-state index contributed by atoms with van der Waals surface area (Å²) in [5.41, 5.74) is 1.71. The molecule has 8 nitrogen and oxygen atoms in total. The van der Waals surface area contributed by atoms with Gasteiger partial charge in [-0.15, -0.1) is 0 Å². The van der Waals surface area contributed by atoms with E-state index in [9.17, 15) is 14.9 Å². The van der Waals surface area contributed by atoms with Gasteiger partial charge in [-0.3, -0.25) is 19.9 Å². The summed E-state index contributed by atoms with van der Waals surface area (Å²) < 4.78 is 1.62. The van der Waals surface area contributed by atoms with Crippen molar-refractivity contribution in [3.63, 3.8) is 0 Å². The lowest BCUT2D eigenvalue weighted by molar-refractivity contribution is -0.384. The number of aromatic nitrogens is 3. The van der Waals surface area contributed by atoms with Crippen LogP contribution in [-0.4, -0.2) is 25.6 Å². The number of hydrogen-bond acceptors (Lipinski definition) is 5. The van der Waals surface area contributed by atoms with Crippen LogP contribution in [0, 0.1) is 10.1 Å². The molecule has 0 aliphatic carbocycles. The molecule has 0 fully saturated rings. The van der Waals surface area contributed by atoms with Gasteiger partial charge in [0.25, 0.3) is 5.69 Å². The van der Waals surface area contributed by atoms with Crippen LogP contribution in [0.3, 0.4) is 0 Å². The fourth-order valence-corrected chi connectivity index (χ4v) is 2.25. The summed E-state index contributed by atoms with van der Waals surface area (Å²) in [4.78, 5) is 26.6. The van der Waals surface area contributed by atoms with Crippen molar-refractivity contribution in [3.8, 4) is 5.69 Å². The Morgan fingerprint density at radius 2 is 2.12 bits per heavy atom. The molecule has 0 bridgehead atoms. The molecule has 2 aromatic heterocycles. The van der Waals surface area contributed by atoms with Gasteiger partial charge in [0.15, 0.2) is 0 Å². The van der Waals surface area contributed by atoms with E-state index in [-0.39, 0.29) is 18.0 Å². The second-order valence-electron chi connectivity index (χ2n) is 5.00. The molecule has 0 saturated heterocycles. The number of carbonyl (C=O) groups excluding carboxylic acids is 1. The van der Waals surface area contributed by atoms with Gasteiger partial charge in [-0.2, -0.15) is 5.10 Å². The Balaban J connectivity index is 1.77. The predicted octanol–water partition coefficient (Wildman–Crippen LogP) is 2.36. The minimum Gasteiger partial charge on any atom is -0.323 e. The molecule has 3 rings (SSSR count). The second kappa shape index (κ2) is 6.69. The summed E-state index contributed by atoms with van der Waals surface area (Å²) in [6.45, 7) is 0. The summed E-state index contributed by atoms with van der Waals surface area (Å²) in [5, 5.41) is 17.7. The fourth-order valence-electron chi connectivity index (χ4n) is 2.25. The van der Waals surface area contributed by atoms with E-state index in [2.05, 4.69) is 15.4 Å². The van der Waals surface area contributed by atoms with E-state index in [0.29, 0.717) is 16.9 Å². The summed E-state index contributed by atoms with van der Waals surface area (Å²) >= 11 is 0. The number of pyridine rings is 1. The van der Waals surface area contributed by atoms with E-state index in [0.717, 1.165) is 0 Å². The number of amides is 1. The van der Waals surface area contributed by atoms with Gasteiger partial charge in [0.1, 0.15) is 0 Å². The lowest BCUT2D eigenvalue weighted by atomic mass is 10.1. The normalized spacial score (nSPS) is 10.3. The highest BCUT2D eigenvalue weighted by Gasteiger charge is 2.12. The van der Waals surface area contributed by atoms with Crippen molar-refractivity contribution in [1.29, 1.82) is 0 Å². The molecule has 1 amide bonds. The minimum absolute atomic E-state index is 0.0229. The molecule has 0 aliphatic rings. The minimum atomic E-state index is -0.488. The Bertz CT molecular complexity index is 877. The maximum atomic E-state index is 12.2. The maximum Gasteiger partial charge on any atom is 0.269 e. The largest absolute Gasteiger partial charge is 0.323 e. The van der Waals surface area contributed by atoms with Gasteiger partial charge in [0.05, 0.1) is 28.9 Å². The topological polar surface area (TPSA) is 103 Å². The van der Waals surface area contributed by atoms with Crippen molar-refractivity contribution in [2.45, 2.75) is 6.42 Å². The third-order valence-electron chi connectivity index (χ3n) is 3.31. The van der Waals surface area contributed by atoms with Crippen LogP contribution in [0.4, 0.5) is 11.4 Å². The summed E-state index contributed by atoms with van der Waals surface area (Å²) in [6.07, 6.45) is 6.55. The van der Waals surface area contributed by atoms with Gasteiger partial charge in [-0.1, -0.05) is 12.1 Å². The Kier molecular flexibility index (Phi) is 4.28. The number of nitrogens with one attached hydrogen (secondary N) is 1. The quantitative estimate of drug-likeness (QED) is 0.573. The zero-order valence-electron chi connectivity index (χ0n) is 12.5. The molecule has 0 radical (unpaired) electrons. The van der Waals surface area contributed by atoms with Gasteiger partial charge in [-0.05, 0) is 17.7 Å². The third-order valence-corrected chi connectivity index (χ3v) is 3.31. The van der Waals surface area contributed by atoms with E-state index in [1.54, 1.807) is 47.5 Å². The Morgan fingerprint density at radius 3 is 2.88 bits per heavy atom. The molecule has 2 heterocycles. The number of rotatable bonds is 5. The summed E-state index contributed by atoms with van der Waals surface area (Å²) in [5.74, 6) is -0.295. The van der Waals surface area contributed by atoms with Crippen LogP contribution in [0.15, 0.2) is 61.2 Å². The maximum absolute atomic E-state index is 12.2. The number of nitrogens with zero attached hydrogens (tertiary/aromatic N) is 4. The number of hydrogen-bond donors (Lipinski definition) is 1. The first kappa shape index (κ1) is 15.3. The van der Waals surface area contributed by atoms with Crippen molar-refractivity contribution in [1.82, 2.24) is 14.8 Å². The third kappa shape index (κ3) is 3.43. The smallest absolute Gasteiger partial charge is 0.269 e. The molecular weight excluding hydrogens is 310 g/mol. The number of nitro benzene ring substituents is 1. The number of carbonyl (C=O) groups is 1. The van der Waals surface area contributed by atoms with Gasteiger partial charge >= 0.3 is 0 Å². The van der Waals surface area contributed by atoms with E-state index in [4.69, 9.17) is 0 Å². The monoisotopic (exact) mass is 323 g/mol. The van der Waals surface area contributed by atoms with Crippen molar-refractivity contribution in [3.05, 3.63) is 76.9 Å². The van der Waals surface area contributed by atoms with Gasteiger partial charge in [-0.25, -0.2) is 4.68 Å². The van der Waals surface area contributed by atoms with E-state index in [1.807, 2.05) is 0 Å². The Labute approximate surface area is 136 Å². The Hall–Kier alpha value is -3.55. The molecule has 0 spiro atoms. The molecule has 8 heteroatoms. The zero-order valence-corrected chi connectivity index (χ0v) is 12.5. The molecule has 0 aliphatic heterocycles. The van der Waals surface area contributed by atoms with Crippen molar-refractivity contribution in [2.75, 3.05) is 5.32 Å². The van der Waals surface area contributed by atoms with Gasteiger partial charge < -0.3 is 5.32 Å². The number of non-ortho nitro benzene ring substituents is 1. The molecule has 0 atom stereocenters. The molecule has 0 unspecified atom stereocenters. The van der Waals surface area contributed by atoms with Crippen LogP contribution in [-0.2, 0) is 11.2 Å². The van der Waals surface area contributed by atoms with Crippen molar-refractivity contribution < 1.29 is 9.72 Å². The highest BCUT2D eigenvalue weighted by Crippen LogP contribution is 2.19. The van der Waals surface area contributed by atoms with E-state index in [1.165, 1.54) is 18.3 Å². The molecule has 120 valence electrons. The van der Waals surface area contributed by atoms with Gasteiger partial charge in [0, 0.05) is 30.7 Å². The van der Waals surface area contributed by atoms with Crippen molar-refractivity contribution >= 4 is 17.3 Å². The molecular formula is C16H13N5O3. The van der Waals surface area contributed by atoms with Crippen LogP contribution >= 0.6 is 0 Å². The highest BCUT2D eigenvalue weighted by atomic mass is 16.6. The molecule has 1 aromatic carbocycles. The molecule has 3 aromatic rings. The lowest BCUT2D eigenvalue weighted by Crippen LogP contribution is -2.16. The van der Waals surface area contributed by atoms with Crippen LogP contribution in [0.5, 0.6) is 0 Å². The van der Waals surface area contributed by atoms with Crippen LogP contribution in [0.1, 0.15) is 5.56 Å². The molecule has 24 heavy (non-hydrogen) atoms. The first-order valence-corrected chi connectivity index (χ1v) is 7.11. The number of benzene rings is 1. The van der Waals surface area contributed by atoms with Crippen LogP contribution in [0.25, 0.3) is 5.69 Å². The SMILES string of the molecule is O=C(Cc1cccc([N+](=O)[O-])c1)Nc1cnccc1-n1cccn1. The average molecular weight is 323 g/mol. The number of anilines is 1. The summed E-state index contributed by atoms with van der Waals surface area (Å²) in [7, 11) is 0. The van der Waals surface area contributed by atoms with Crippen LogP contribution in [0.2, 0.25) is 0 Å². The predicted molar refractivity (Wildman–Crippen MR) is 86.8 cm³/mol. The zero-order chi connectivity index (χ0) is 16.9.